The van der Waals surface area contributed by atoms with Gasteiger partial charge < -0.3 is 0 Å². The zero-order chi connectivity index (χ0) is 11.8. The Morgan fingerprint density at radius 2 is 1.80 bits per heavy atom. The molecule has 0 fully saturated rings. The van der Waals surface area contributed by atoms with E-state index >= 15 is 0 Å². The Labute approximate surface area is 84.7 Å². The molecule has 0 bridgehead atoms. The molecule has 0 atom stereocenters. The molecule has 0 aliphatic rings. The van der Waals surface area contributed by atoms with Gasteiger partial charge in [-0.25, -0.2) is 13.8 Å². The van der Waals surface area contributed by atoms with E-state index in [1.807, 2.05) is 0 Å². The Morgan fingerprint density at radius 1 is 1.27 bits per heavy atom. The fourth-order valence-electron chi connectivity index (χ4n) is 0.821. The molecule has 0 amide bonds. The molecular weight excluding hydrogens is 248 g/mol. The molecule has 84 valence electrons. The van der Waals surface area contributed by atoms with Crippen molar-refractivity contribution in [3.63, 3.8) is 0 Å². The van der Waals surface area contributed by atoms with Gasteiger partial charge in [0, 0.05) is 5.56 Å². The highest BCUT2D eigenvalue weighted by Gasteiger charge is 2.35. The molecule has 0 radical (unpaired) electrons. The van der Waals surface area contributed by atoms with Gasteiger partial charge >= 0.3 is 6.18 Å². The molecule has 8 heteroatoms. The predicted molar refractivity (Wildman–Crippen MR) is 39.2 cm³/mol. The van der Waals surface area contributed by atoms with E-state index in [-0.39, 0.29) is 6.07 Å². The Bertz CT molecular complexity index is 374. The highest BCUT2D eigenvalue weighted by molar-refractivity contribution is 6.31. The predicted octanol–water partition coefficient (Wildman–Crippen LogP) is 3.83. The van der Waals surface area contributed by atoms with Crippen LogP contribution in [0.3, 0.4) is 0 Å². The van der Waals surface area contributed by atoms with Crippen LogP contribution in [-0.4, -0.2) is 4.98 Å². The average Bonchev–Trinajstić information content (AvgIpc) is 2.06. The molecule has 0 aliphatic heterocycles. The van der Waals surface area contributed by atoms with Crippen LogP contribution >= 0.6 is 11.6 Å². The number of halogens is 7. The van der Waals surface area contributed by atoms with Crippen molar-refractivity contribution in [1.82, 2.24) is 4.98 Å². The Balaban J connectivity index is 3.36. The number of rotatable bonds is 1. The highest BCUT2D eigenvalue weighted by Crippen LogP contribution is 2.34. The fourth-order valence-corrected chi connectivity index (χ4v) is 1.00. The average molecular weight is 250 g/mol. The van der Waals surface area contributed by atoms with Crippen LogP contribution in [0.1, 0.15) is 17.7 Å². The summed E-state index contributed by atoms with van der Waals surface area (Å²) in [5.74, 6) is -1.76. The van der Waals surface area contributed by atoms with Crippen LogP contribution in [0, 0.1) is 5.95 Å². The first-order valence-electron chi connectivity index (χ1n) is 3.44. The van der Waals surface area contributed by atoms with Crippen molar-refractivity contribution in [2.45, 2.75) is 12.6 Å². The van der Waals surface area contributed by atoms with Gasteiger partial charge in [-0.05, 0) is 6.07 Å². The van der Waals surface area contributed by atoms with Crippen molar-refractivity contribution in [2.75, 3.05) is 0 Å². The summed E-state index contributed by atoms with van der Waals surface area (Å²) in [5, 5.41) is -1.10. The molecule has 0 saturated carbocycles. The first kappa shape index (κ1) is 12.1. The van der Waals surface area contributed by atoms with Gasteiger partial charge in [-0.3, -0.25) is 0 Å². The van der Waals surface area contributed by atoms with E-state index in [1.165, 1.54) is 0 Å². The fraction of sp³-hybridized carbons (Fsp3) is 0.286. The van der Waals surface area contributed by atoms with Crippen LogP contribution in [0.15, 0.2) is 6.07 Å². The third kappa shape index (κ3) is 2.53. The van der Waals surface area contributed by atoms with Crippen LogP contribution in [0.2, 0.25) is 5.02 Å². The van der Waals surface area contributed by atoms with Crippen molar-refractivity contribution in [3.05, 3.63) is 28.3 Å². The zero-order valence-electron chi connectivity index (χ0n) is 6.75. The van der Waals surface area contributed by atoms with Gasteiger partial charge in [0.1, 0.15) is 10.7 Å². The number of nitrogens with zero attached hydrogens (tertiary/aromatic N) is 1. The standard InChI is InChI=1S/C7H2ClF6N/c8-4-2(5(9)10)1-3(7(12,13)14)15-6(4)11/h1,5H. The molecule has 0 spiro atoms. The van der Waals surface area contributed by atoms with Crippen LogP contribution in [0.4, 0.5) is 26.3 Å². The van der Waals surface area contributed by atoms with Crippen LogP contribution in [0.25, 0.3) is 0 Å². The van der Waals surface area contributed by atoms with Crippen molar-refractivity contribution >= 4 is 11.6 Å². The molecule has 1 nitrogen and oxygen atoms in total. The SMILES string of the molecule is Fc1nc(C(F)(F)F)cc(C(F)F)c1Cl. The molecule has 0 aliphatic carbocycles. The van der Waals surface area contributed by atoms with Gasteiger partial charge in [-0.15, -0.1) is 0 Å². The molecule has 15 heavy (non-hydrogen) atoms. The lowest BCUT2D eigenvalue weighted by Crippen LogP contribution is -2.11. The minimum absolute atomic E-state index is 0.0239. The lowest BCUT2D eigenvalue weighted by Gasteiger charge is -2.09. The summed E-state index contributed by atoms with van der Waals surface area (Å²) in [7, 11) is 0. The molecule has 0 N–H and O–H groups in total. The van der Waals surface area contributed by atoms with Crippen molar-refractivity contribution in [3.8, 4) is 0 Å². The summed E-state index contributed by atoms with van der Waals surface area (Å²) in [5.41, 5.74) is -2.96. The van der Waals surface area contributed by atoms with Gasteiger partial charge in [0.2, 0.25) is 5.95 Å². The number of hydrogen-bond acceptors (Lipinski definition) is 1. The van der Waals surface area contributed by atoms with Crippen LogP contribution < -0.4 is 0 Å². The van der Waals surface area contributed by atoms with E-state index in [9.17, 15) is 26.3 Å². The summed E-state index contributed by atoms with van der Waals surface area (Å²) in [6, 6.07) is 0.0239. The molecule has 0 aromatic carbocycles. The summed E-state index contributed by atoms with van der Waals surface area (Å²) in [6.07, 6.45) is -8.29. The molecular formula is C7H2ClF6N. The first-order valence-corrected chi connectivity index (χ1v) is 3.82. The molecule has 1 aromatic rings. The van der Waals surface area contributed by atoms with Crippen LogP contribution in [-0.2, 0) is 6.18 Å². The normalized spacial score (nSPS) is 12.3. The maximum absolute atomic E-state index is 12.7. The van der Waals surface area contributed by atoms with Crippen LogP contribution in [0.5, 0.6) is 0 Å². The lowest BCUT2D eigenvalue weighted by atomic mass is 10.2. The number of hydrogen-bond donors (Lipinski definition) is 0. The lowest BCUT2D eigenvalue weighted by molar-refractivity contribution is -0.141. The third-order valence-electron chi connectivity index (χ3n) is 1.47. The van der Waals surface area contributed by atoms with Gasteiger partial charge in [0.05, 0.1) is 0 Å². The summed E-state index contributed by atoms with van der Waals surface area (Å²) in [6.45, 7) is 0. The largest absolute Gasteiger partial charge is 0.433 e. The van der Waals surface area contributed by atoms with E-state index in [1.54, 1.807) is 0 Å². The topological polar surface area (TPSA) is 12.9 Å². The highest BCUT2D eigenvalue weighted by atomic mass is 35.5. The maximum atomic E-state index is 12.7. The zero-order valence-corrected chi connectivity index (χ0v) is 7.50. The van der Waals surface area contributed by atoms with E-state index in [2.05, 4.69) is 4.98 Å². The van der Waals surface area contributed by atoms with Crippen molar-refractivity contribution in [1.29, 1.82) is 0 Å². The minimum atomic E-state index is -4.99. The van der Waals surface area contributed by atoms with Crippen molar-refractivity contribution < 1.29 is 26.3 Å². The summed E-state index contributed by atoms with van der Waals surface area (Å²) in [4.78, 5) is 2.43. The molecule has 1 heterocycles. The Hall–Kier alpha value is -0.980. The van der Waals surface area contributed by atoms with E-state index in [4.69, 9.17) is 11.6 Å². The van der Waals surface area contributed by atoms with E-state index in [0.717, 1.165) is 0 Å². The number of pyridine rings is 1. The maximum Gasteiger partial charge on any atom is 0.433 e. The Kier molecular flexibility index (Phi) is 3.13. The second-order valence-corrected chi connectivity index (χ2v) is 2.88. The van der Waals surface area contributed by atoms with E-state index < -0.39 is 34.8 Å². The quantitative estimate of drug-likeness (QED) is 0.544. The first-order chi connectivity index (χ1) is 6.73. The monoisotopic (exact) mass is 249 g/mol. The van der Waals surface area contributed by atoms with E-state index in [0.29, 0.717) is 0 Å². The van der Waals surface area contributed by atoms with Crippen molar-refractivity contribution in [2.24, 2.45) is 0 Å². The number of aromatic nitrogens is 1. The smallest absolute Gasteiger partial charge is 0.214 e. The van der Waals surface area contributed by atoms with Gasteiger partial charge in [-0.1, -0.05) is 11.6 Å². The Morgan fingerprint density at radius 3 is 2.20 bits per heavy atom. The van der Waals surface area contributed by atoms with Gasteiger partial charge in [0.25, 0.3) is 6.43 Å². The third-order valence-corrected chi connectivity index (χ3v) is 1.85. The molecule has 1 aromatic heterocycles. The molecule has 1 rings (SSSR count). The molecule has 0 unspecified atom stereocenters. The summed E-state index contributed by atoms with van der Waals surface area (Å²) >= 11 is 5.03. The second kappa shape index (κ2) is 3.88. The second-order valence-electron chi connectivity index (χ2n) is 2.50. The minimum Gasteiger partial charge on any atom is -0.214 e. The number of alkyl halides is 5. The summed E-state index contributed by atoms with van der Waals surface area (Å²) < 4.78 is 73.0. The van der Waals surface area contributed by atoms with Gasteiger partial charge in [0.15, 0.2) is 0 Å². The molecule has 0 saturated heterocycles. The van der Waals surface area contributed by atoms with Gasteiger partial charge in [-0.2, -0.15) is 17.6 Å².